The Morgan fingerprint density at radius 1 is 1.09 bits per heavy atom. The first-order chi connectivity index (χ1) is 10.9. The van der Waals surface area contributed by atoms with Crippen LogP contribution < -0.4 is 21.7 Å². The predicted molar refractivity (Wildman–Crippen MR) is 88.7 cm³/mol. The fourth-order valence-electron chi connectivity index (χ4n) is 1.79. The molecule has 0 spiro atoms. The normalized spacial score (nSPS) is 11.6. The van der Waals surface area contributed by atoms with Crippen molar-refractivity contribution in [1.29, 1.82) is 0 Å². The van der Waals surface area contributed by atoms with Crippen molar-refractivity contribution in [1.82, 2.24) is 5.43 Å². The molecule has 6 nitrogen and oxygen atoms in total. The van der Waals surface area contributed by atoms with Crippen molar-refractivity contribution in [3.05, 3.63) is 64.1 Å². The lowest BCUT2D eigenvalue weighted by Crippen LogP contribution is -2.31. The third-order valence-corrected chi connectivity index (χ3v) is 3.65. The molecule has 0 aliphatic rings. The molecule has 2 aromatic carbocycles. The van der Waals surface area contributed by atoms with Crippen LogP contribution >= 0.6 is 23.2 Å². The van der Waals surface area contributed by atoms with Crippen molar-refractivity contribution in [3.63, 3.8) is 0 Å². The second-order valence-electron chi connectivity index (χ2n) is 4.45. The maximum Gasteiger partial charge on any atom is 0.357 e. The number of halogens is 2. The lowest BCUT2D eigenvalue weighted by molar-refractivity contribution is -0.132. The summed E-state index contributed by atoms with van der Waals surface area (Å²) in [6.07, 6.45) is 0. The molecule has 0 aliphatic heterocycles. The minimum Gasteiger partial charge on any atom is -0.476 e. The van der Waals surface area contributed by atoms with E-state index < -0.39 is 11.7 Å². The molecule has 0 radical (unpaired) electrons. The number of nitrogens with two attached hydrogens (primary N) is 2. The summed E-state index contributed by atoms with van der Waals surface area (Å²) in [6.45, 7) is 0. The quantitative estimate of drug-likeness (QED) is 0.284. The fraction of sp³-hybridized carbons (Fsp3) is 0. The van der Waals surface area contributed by atoms with Crippen LogP contribution in [0.1, 0.15) is 0 Å². The Bertz CT molecular complexity index is 778. The highest BCUT2D eigenvalue weighted by molar-refractivity contribution is 6.42. The second kappa shape index (κ2) is 7.23. The van der Waals surface area contributed by atoms with Gasteiger partial charge in [0.2, 0.25) is 5.88 Å². The van der Waals surface area contributed by atoms with E-state index in [4.69, 9.17) is 44.6 Å². The Kier molecular flexibility index (Phi) is 5.33. The molecule has 0 bridgehead atoms. The van der Waals surface area contributed by atoms with Gasteiger partial charge in [-0.1, -0.05) is 41.4 Å². The summed E-state index contributed by atoms with van der Waals surface area (Å²) in [5, 5.41) is 9.74. The summed E-state index contributed by atoms with van der Waals surface area (Å²) in [6, 6.07) is 12.1. The van der Waals surface area contributed by atoms with E-state index in [0.29, 0.717) is 15.8 Å². The molecule has 8 heteroatoms. The van der Waals surface area contributed by atoms with Crippen LogP contribution in [0.25, 0.3) is 11.1 Å². The molecule has 0 amide bonds. The van der Waals surface area contributed by atoms with Gasteiger partial charge < -0.3 is 15.6 Å². The molecule has 120 valence electrons. The topological polar surface area (TPSA) is 111 Å². The van der Waals surface area contributed by atoms with Crippen molar-refractivity contribution >= 4 is 29.2 Å². The van der Waals surface area contributed by atoms with Gasteiger partial charge in [0, 0.05) is 0 Å². The van der Waals surface area contributed by atoms with Crippen LogP contribution in [0.3, 0.4) is 0 Å². The molecule has 23 heavy (non-hydrogen) atoms. The first-order valence-corrected chi connectivity index (χ1v) is 7.11. The molecule has 0 saturated carbocycles. The van der Waals surface area contributed by atoms with Gasteiger partial charge >= 0.3 is 5.97 Å². The average Bonchev–Trinajstić information content (AvgIpc) is 2.54. The summed E-state index contributed by atoms with van der Waals surface area (Å²) < 4.78 is 5.38. The van der Waals surface area contributed by atoms with E-state index in [0.717, 1.165) is 11.1 Å². The molecule has 0 saturated heterocycles. The summed E-state index contributed by atoms with van der Waals surface area (Å²) >= 11 is 11.9. The van der Waals surface area contributed by atoms with Crippen LogP contribution in [0, 0.1) is 0 Å². The van der Waals surface area contributed by atoms with E-state index in [1.54, 1.807) is 36.4 Å². The van der Waals surface area contributed by atoms with E-state index in [9.17, 15) is 4.79 Å². The fourth-order valence-corrected chi connectivity index (χ4v) is 2.09. The largest absolute Gasteiger partial charge is 0.476 e. The number of benzene rings is 2. The zero-order chi connectivity index (χ0) is 17.0. The van der Waals surface area contributed by atoms with E-state index in [1.807, 2.05) is 6.07 Å². The van der Waals surface area contributed by atoms with Gasteiger partial charge in [-0.15, -0.1) is 0 Å². The van der Waals surface area contributed by atoms with E-state index in [1.165, 1.54) is 0 Å². The first kappa shape index (κ1) is 17.0. The van der Waals surface area contributed by atoms with E-state index >= 15 is 0 Å². The SMILES string of the molecule is NN/C(Oc1cccc(-c2ccc(Cl)c(Cl)c2)c1)=C(\N)C(=O)O. The second-order valence-corrected chi connectivity index (χ2v) is 5.27. The van der Waals surface area contributed by atoms with Crippen LogP contribution in [0.2, 0.25) is 10.0 Å². The summed E-state index contributed by atoms with van der Waals surface area (Å²) in [5.74, 6) is 3.98. The summed E-state index contributed by atoms with van der Waals surface area (Å²) in [7, 11) is 0. The number of hydrogen-bond donors (Lipinski definition) is 4. The Morgan fingerprint density at radius 3 is 2.39 bits per heavy atom. The maximum atomic E-state index is 10.9. The molecule has 0 heterocycles. The van der Waals surface area contributed by atoms with Gasteiger partial charge in [0.1, 0.15) is 5.75 Å². The number of carboxylic acids is 1. The molecule has 0 fully saturated rings. The van der Waals surface area contributed by atoms with Crippen LogP contribution in [0.15, 0.2) is 54.0 Å². The molecule has 2 aromatic rings. The molecular weight excluding hydrogens is 341 g/mol. The third-order valence-electron chi connectivity index (χ3n) is 2.91. The zero-order valence-corrected chi connectivity index (χ0v) is 13.2. The first-order valence-electron chi connectivity index (χ1n) is 6.35. The summed E-state index contributed by atoms with van der Waals surface area (Å²) in [5.41, 5.74) is 8.59. The van der Waals surface area contributed by atoms with E-state index in [-0.39, 0.29) is 5.88 Å². The predicted octanol–water partition coefficient (Wildman–Crippen LogP) is 2.71. The van der Waals surface area contributed by atoms with Gasteiger partial charge in [-0.3, -0.25) is 5.43 Å². The number of carboxylic acid groups (broad SMARTS) is 1. The van der Waals surface area contributed by atoms with E-state index in [2.05, 4.69) is 5.43 Å². The number of carbonyl (C=O) groups is 1. The monoisotopic (exact) mass is 353 g/mol. The number of hydrazine groups is 1. The van der Waals surface area contributed by atoms with Gasteiger partial charge in [-0.05, 0) is 35.4 Å². The molecule has 0 unspecified atom stereocenters. The third kappa shape index (κ3) is 4.07. The molecule has 0 aromatic heterocycles. The Morgan fingerprint density at radius 2 is 1.78 bits per heavy atom. The van der Waals surface area contributed by atoms with Crippen molar-refractivity contribution in [3.8, 4) is 16.9 Å². The van der Waals surface area contributed by atoms with Gasteiger partial charge in [0.25, 0.3) is 0 Å². The zero-order valence-electron chi connectivity index (χ0n) is 11.7. The van der Waals surface area contributed by atoms with Crippen molar-refractivity contribution < 1.29 is 14.6 Å². The van der Waals surface area contributed by atoms with Crippen molar-refractivity contribution in [2.24, 2.45) is 11.6 Å². The van der Waals surface area contributed by atoms with Gasteiger partial charge in [-0.25, -0.2) is 10.6 Å². The Labute approximate surface area is 142 Å². The van der Waals surface area contributed by atoms with Crippen LogP contribution in [0.5, 0.6) is 5.75 Å². The summed E-state index contributed by atoms with van der Waals surface area (Å²) in [4.78, 5) is 10.9. The number of rotatable bonds is 5. The maximum absolute atomic E-state index is 10.9. The average molecular weight is 354 g/mol. The molecule has 0 aliphatic carbocycles. The van der Waals surface area contributed by atoms with Gasteiger partial charge in [0.15, 0.2) is 5.70 Å². The highest BCUT2D eigenvalue weighted by atomic mass is 35.5. The molecule has 2 rings (SSSR count). The lowest BCUT2D eigenvalue weighted by atomic mass is 10.1. The molecule has 6 N–H and O–H groups in total. The highest BCUT2D eigenvalue weighted by Crippen LogP contribution is 2.30. The standard InChI is InChI=1S/C15H13Cl2N3O3/c16-11-5-4-9(7-12(11)17)8-2-1-3-10(6-8)23-14(20-19)13(18)15(21)22/h1-7,20H,18-19H2,(H,21,22)/b14-13+. The van der Waals surface area contributed by atoms with Crippen LogP contribution in [-0.4, -0.2) is 11.1 Å². The minimum absolute atomic E-state index is 0.260. The smallest absolute Gasteiger partial charge is 0.357 e. The van der Waals surface area contributed by atoms with Crippen LogP contribution in [0.4, 0.5) is 0 Å². The number of ether oxygens (including phenoxy) is 1. The number of hydrogen-bond acceptors (Lipinski definition) is 5. The van der Waals surface area contributed by atoms with Gasteiger partial charge in [-0.2, -0.15) is 0 Å². The van der Waals surface area contributed by atoms with Crippen molar-refractivity contribution in [2.45, 2.75) is 0 Å². The van der Waals surface area contributed by atoms with Gasteiger partial charge in [0.05, 0.1) is 10.0 Å². The minimum atomic E-state index is -1.35. The molecular formula is C15H13Cl2N3O3. The lowest BCUT2D eigenvalue weighted by Gasteiger charge is -2.12. The Hall–Kier alpha value is -2.41. The van der Waals surface area contributed by atoms with Crippen LogP contribution in [-0.2, 0) is 4.79 Å². The highest BCUT2D eigenvalue weighted by Gasteiger charge is 2.12. The number of aliphatic carboxylic acids is 1. The Balaban J connectivity index is 2.35. The molecule has 0 atom stereocenters. The van der Waals surface area contributed by atoms with Crippen molar-refractivity contribution in [2.75, 3.05) is 0 Å². The number of nitrogens with one attached hydrogen (secondary N) is 1.